The highest BCUT2D eigenvalue weighted by atomic mass is 33.1. The van der Waals surface area contributed by atoms with Gasteiger partial charge in [0.2, 0.25) is 0 Å². The third kappa shape index (κ3) is 8.49. The van der Waals surface area contributed by atoms with E-state index in [0.717, 1.165) is 29.7 Å². The molecular formula is C10H24O5S2Si. The Kier molecular flexibility index (Phi) is 11.5. The molecule has 8 heteroatoms. The summed E-state index contributed by atoms with van der Waals surface area (Å²) >= 11 is 0. The summed E-state index contributed by atoms with van der Waals surface area (Å²) in [7, 11) is -3.90. The van der Waals surface area contributed by atoms with Gasteiger partial charge >= 0.3 is 8.80 Å². The summed E-state index contributed by atoms with van der Waals surface area (Å²) in [6.07, 6.45) is 1.69. The first-order chi connectivity index (χ1) is 8.60. The van der Waals surface area contributed by atoms with E-state index in [9.17, 15) is 8.42 Å². The van der Waals surface area contributed by atoms with Crippen molar-refractivity contribution < 1.29 is 21.7 Å². The first-order valence-corrected chi connectivity index (χ1v) is 11.0. The van der Waals surface area contributed by atoms with Gasteiger partial charge in [0.1, 0.15) is 0 Å². The summed E-state index contributed by atoms with van der Waals surface area (Å²) in [6.45, 7) is 7.52. The molecule has 5 nitrogen and oxygen atoms in total. The average molecular weight is 317 g/mol. The van der Waals surface area contributed by atoms with E-state index < -0.39 is 18.5 Å². The molecule has 0 aromatic rings. The smallest absolute Gasteiger partial charge is 0.374 e. The van der Waals surface area contributed by atoms with E-state index in [-0.39, 0.29) is 0 Å². The molecule has 0 amide bonds. The Morgan fingerprint density at radius 3 is 1.83 bits per heavy atom. The van der Waals surface area contributed by atoms with Crippen LogP contribution in [0.25, 0.3) is 0 Å². The van der Waals surface area contributed by atoms with Crippen LogP contribution in [0, 0.1) is 0 Å². The van der Waals surface area contributed by atoms with Crippen LogP contribution in [-0.4, -0.2) is 42.8 Å². The van der Waals surface area contributed by atoms with Crippen LogP contribution >= 0.6 is 10.8 Å². The molecule has 0 aliphatic rings. The van der Waals surface area contributed by atoms with Crippen molar-refractivity contribution in [3.8, 4) is 0 Å². The summed E-state index contributed by atoms with van der Waals surface area (Å²) in [4.78, 5) is 0. The molecule has 0 radical (unpaired) electrons. The van der Waals surface area contributed by atoms with Gasteiger partial charge in [-0.25, -0.2) is 8.42 Å². The van der Waals surface area contributed by atoms with Gasteiger partial charge in [-0.1, -0.05) is 0 Å². The Balaban J connectivity index is 4.12. The molecule has 0 heterocycles. The fourth-order valence-electron chi connectivity index (χ4n) is 1.58. The lowest BCUT2D eigenvalue weighted by Gasteiger charge is -2.28. The van der Waals surface area contributed by atoms with E-state index in [0.29, 0.717) is 25.6 Å². The van der Waals surface area contributed by atoms with Gasteiger partial charge in [0.25, 0.3) is 0 Å². The van der Waals surface area contributed by atoms with Gasteiger partial charge in [-0.05, 0) is 44.4 Å². The highest BCUT2D eigenvalue weighted by Crippen LogP contribution is 2.20. The van der Waals surface area contributed by atoms with E-state index in [1.54, 1.807) is 0 Å². The Morgan fingerprint density at radius 2 is 1.44 bits per heavy atom. The quantitative estimate of drug-likeness (QED) is 0.257. The molecule has 0 saturated heterocycles. The molecule has 0 bridgehead atoms. The molecular weight excluding hydrogens is 292 g/mol. The molecule has 0 spiro atoms. The van der Waals surface area contributed by atoms with Gasteiger partial charge in [0.15, 0.2) is 9.74 Å². The largest absolute Gasteiger partial charge is 0.500 e. The summed E-state index contributed by atoms with van der Waals surface area (Å²) in [5, 5.41) is 0. The summed E-state index contributed by atoms with van der Waals surface area (Å²) < 4.78 is 37.9. The third-order valence-electron chi connectivity index (χ3n) is 2.17. The fourth-order valence-corrected chi connectivity index (χ4v) is 5.59. The molecule has 18 heavy (non-hydrogen) atoms. The highest BCUT2D eigenvalue weighted by Gasteiger charge is 2.39. The van der Waals surface area contributed by atoms with E-state index in [1.807, 2.05) is 20.8 Å². The van der Waals surface area contributed by atoms with Crippen molar-refractivity contribution in [2.75, 3.05) is 25.6 Å². The summed E-state index contributed by atoms with van der Waals surface area (Å²) in [5.74, 6) is 0.619. The standard InChI is InChI=1S/C10H24O5S2Si/c1-4-13-18(14-5-2,15-6-3)10-8-7-9-16-17(11)12/h17H,4-10H2,1-3H3. The van der Waals surface area contributed by atoms with Crippen LogP contribution in [0.5, 0.6) is 0 Å². The van der Waals surface area contributed by atoms with E-state index in [4.69, 9.17) is 13.3 Å². The number of rotatable bonds is 12. The summed E-state index contributed by atoms with van der Waals surface area (Å²) in [5.41, 5.74) is 0. The van der Waals surface area contributed by atoms with Gasteiger partial charge in [-0.3, -0.25) is 0 Å². The Morgan fingerprint density at radius 1 is 0.944 bits per heavy atom. The van der Waals surface area contributed by atoms with Crippen LogP contribution < -0.4 is 0 Å². The predicted octanol–water partition coefficient (Wildman–Crippen LogP) is 2.07. The lowest BCUT2D eigenvalue weighted by atomic mass is 10.4. The molecule has 0 aromatic carbocycles. The zero-order chi connectivity index (χ0) is 13.9. The molecule has 0 aliphatic carbocycles. The number of hydrogen-bond donors (Lipinski definition) is 1. The Labute approximate surface area is 116 Å². The minimum atomic E-state index is -2.53. The third-order valence-corrected chi connectivity index (χ3v) is 7.18. The first kappa shape index (κ1) is 18.4. The van der Waals surface area contributed by atoms with Gasteiger partial charge in [-0.15, -0.1) is 0 Å². The topological polar surface area (TPSA) is 61.8 Å². The zero-order valence-corrected chi connectivity index (χ0v) is 14.1. The van der Waals surface area contributed by atoms with Crippen molar-refractivity contribution in [1.82, 2.24) is 0 Å². The van der Waals surface area contributed by atoms with E-state index in [2.05, 4.69) is 0 Å². The highest BCUT2D eigenvalue weighted by molar-refractivity contribution is 8.64. The maximum atomic E-state index is 10.4. The van der Waals surface area contributed by atoms with E-state index in [1.165, 1.54) is 0 Å². The normalized spacial score (nSPS) is 12.2. The number of unbranched alkanes of at least 4 members (excludes halogenated alkanes) is 1. The second kappa shape index (κ2) is 11.2. The van der Waals surface area contributed by atoms with Crippen LogP contribution in [0.1, 0.15) is 33.6 Å². The maximum absolute atomic E-state index is 10.4. The zero-order valence-electron chi connectivity index (χ0n) is 11.3. The van der Waals surface area contributed by atoms with Crippen LogP contribution in [0.4, 0.5) is 0 Å². The maximum Gasteiger partial charge on any atom is 0.500 e. The van der Waals surface area contributed by atoms with E-state index >= 15 is 0 Å². The lowest BCUT2D eigenvalue weighted by molar-refractivity contribution is 0.0708. The predicted molar refractivity (Wildman–Crippen MR) is 77.4 cm³/mol. The Bertz CT molecular complexity index is 248. The molecule has 0 fully saturated rings. The minimum absolute atomic E-state index is 0.577. The van der Waals surface area contributed by atoms with Crippen molar-refractivity contribution in [3.05, 3.63) is 0 Å². The SMILES string of the molecule is CCO[Si](CCCCS[SH](=O)=O)(OCC)OCC. The molecule has 0 rings (SSSR count). The molecule has 0 aliphatic heterocycles. The van der Waals surface area contributed by atoms with Crippen molar-refractivity contribution in [2.24, 2.45) is 0 Å². The second-order valence-electron chi connectivity index (χ2n) is 3.50. The molecule has 0 N–H and O–H groups in total. The molecule has 0 unspecified atom stereocenters. The molecule has 0 aromatic heterocycles. The molecule has 0 saturated carbocycles. The first-order valence-electron chi connectivity index (χ1n) is 6.29. The van der Waals surface area contributed by atoms with Crippen molar-refractivity contribution in [1.29, 1.82) is 0 Å². The minimum Gasteiger partial charge on any atom is -0.374 e. The van der Waals surface area contributed by atoms with Gasteiger partial charge in [0, 0.05) is 31.6 Å². The fraction of sp³-hybridized carbons (Fsp3) is 1.00. The number of hydrogen-bond acceptors (Lipinski definition) is 6. The van der Waals surface area contributed by atoms with Crippen molar-refractivity contribution in [3.63, 3.8) is 0 Å². The van der Waals surface area contributed by atoms with Crippen LogP contribution in [0.3, 0.4) is 0 Å². The molecule has 110 valence electrons. The summed E-state index contributed by atoms with van der Waals surface area (Å²) in [6, 6.07) is 0.749. The van der Waals surface area contributed by atoms with Crippen molar-refractivity contribution >= 4 is 29.3 Å². The average Bonchev–Trinajstić information content (AvgIpc) is 2.29. The second-order valence-corrected chi connectivity index (χ2v) is 9.01. The lowest BCUT2D eigenvalue weighted by Crippen LogP contribution is -2.45. The van der Waals surface area contributed by atoms with Gasteiger partial charge in [-0.2, -0.15) is 0 Å². The number of thiol groups is 1. The van der Waals surface area contributed by atoms with Crippen molar-refractivity contribution in [2.45, 2.75) is 39.7 Å². The Hall–Kier alpha value is 0.397. The van der Waals surface area contributed by atoms with Gasteiger partial charge < -0.3 is 13.3 Å². The van der Waals surface area contributed by atoms with Crippen LogP contribution in [-0.2, 0) is 23.0 Å². The van der Waals surface area contributed by atoms with Crippen LogP contribution in [0.15, 0.2) is 0 Å². The molecule has 0 atom stereocenters. The van der Waals surface area contributed by atoms with Gasteiger partial charge in [0.05, 0.1) is 0 Å². The monoisotopic (exact) mass is 316 g/mol. The van der Waals surface area contributed by atoms with Crippen LogP contribution in [0.2, 0.25) is 6.04 Å².